The molecule has 9 heavy (non-hydrogen) atoms. The summed E-state index contributed by atoms with van der Waals surface area (Å²) in [5.74, 6) is 1.36. The summed E-state index contributed by atoms with van der Waals surface area (Å²) in [5.41, 5.74) is 0. The van der Waals surface area contributed by atoms with Crippen LogP contribution in [0.25, 0.3) is 0 Å². The highest BCUT2D eigenvalue weighted by Crippen LogP contribution is 1.91. The predicted octanol–water partition coefficient (Wildman–Crippen LogP) is 0.383. The zero-order valence-corrected chi connectivity index (χ0v) is 7.39. The van der Waals surface area contributed by atoms with E-state index in [0.29, 0.717) is 0 Å². The Balaban J connectivity index is 4.40. The third-order valence-electron chi connectivity index (χ3n) is 1.62. The highest BCUT2D eigenvalue weighted by molar-refractivity contribution is 5.66. The van der Waals surface area contributed by atoms with E-state index < -0.39 is 0 Å². The Kier molecular flexibility index (Phi) is 2.38. The summed E-state index contributed by atoms with van der Waals surface area (Å²) in [5, 5.41) is 0. The molecule has 0 aromatic heterocycles. The Morgan fingerprint density at radius 3 is 1.44 bits per heavy atom. The maximum Gasteiger partial charge on any atom is 0.333 e. The molecule has 2 nitrogen and oxygen atoms in total. The monoisotopic (exact) mass is 130 g/mol. The zero-order valence-electron chi connectivity index (χ0n) is 7.39. The number of amidine groups is 1. The van der Waals surface area contributed by atoms with E-state index in [1.54, 1.807) is 0 Å². The first-order chi connectivity index (χ1) is 3.85. The van der Waals surface area contributed by atoms with Crippen molar-refractivity contribution in [3.63, 3.8) is 0 Å². The Hall–Kier alpha value is -0.370. The SMILES string of the molecule is CC(=[N+](C)C)[N+](C)(C)C. The number of quaternary nitrogens is 1. The number of nitrogens with zero attached hydrogens (tertiary/aromatic N) is 2. The molecule has 0 aromatic rings. The fourth-order valence-electron chi connectivity index (χ4n) is 0.600. The summed E-state index contributed by atoms with van der Waals surface area (Å²) in [4.78, 5) is 0. The molecule has 0 aliphatic carbocycles. The van der Waals surface area contributed by atoms with Crippen LogP contribution in [-0.2, 0) is 0 Å². The minimum atomic E-state index is 0.910. The molecule has 0 spiro atoms. The van der Waals surface area contributed by atoms with Gasteiger partial charge >= 0.3 is 5.84 Å². The molecule has 0 radical (unpaired) electrons. The molecule has 0 amide bonds. The molecule has 2 heteroatoms. The van der Waals surface area contributed by atoms with Crippen LogP contribution in [0.1, 0.15) is 6.92 Å². The van der Waals surface area contributed by atoms with Gasteiger partial charge in [0.25, 0.3) is 0 Å². The van der Waals surface area contributed by atoms with Gasteiger partial charge in [-0.1, -0.05) is 0 Å². The Labute approximate surface area is 58.0 Å². The quantitative estimate of drug-likeness (QED) is 0.193. The fourth-order valence-corrected chi connectivity index (χ4v) is 0.600. The molecule has 0 rings (SSSR count). The summed E-state index contributed by atoms with van der Waals surface area (Å²) >= 11 is 0. The largest absolute Gasteiger partial charge is 0.333 e. The van der Waals surface area contributed by atoms with Crippen LogP contribution in [0.3, 0.4) is 0 Å². The molecular weight excluding hydrogens is 112 g/mol. The smallest absolute Gasteiger partial charge is 0.248 e. The van der Waals surface area contributed by atoms with Gasteiger partial charge in [-0.15, -0.1) is 0 Å². The Bertz CT molecular complexity index is 124. The molecule has 0 saturated carbocycles. The minimum absolute atomic E-state index is 0.910. The van der Waals surface area contributed by atoms with Crippen molar-refractivity contribution >= 4 is 5.84 Å². The van der Waals surface area contributed by atoms with Crippen molar-refractivity contribution < 1.29 is 9.06 Å². The first-order valence-electron chi connectivity index (χ1n) is 3.18. The van der Waals surface area contributed by atoms with Gasteiger partial charge in [-0.3, -0.25) is 0 Å². The Morgan fingerprint density at radius 2 is 1.44 bits per heavy atom. The maximum absolute atomic E-state index is 2.16. The van der Waals surface area contributed by atoms with Crippen LogP contribution < -0.4 is 0 Å². The topological polar surface area (TPSA) is 3.01 Å². The standard InChI is InChI=1S/C7H18N2/c1-7(8(2)3)9(4,5)6/h1-6H3/q+2. The predicted molar refractivity (Wildman–Crippen MR) is 40.8 cm³/mol. The van der Waals surface area contributed by atoms with Crippen molar-refractivity contribution in [2.75, 3.05) is 35.2 Å². The minimum Gasteiger partial charge on any atom is -0.248 e. The molecule has 0 N–H and O–H groups in total. The highest BCUT2D eigenvalue weighted by atomic mass is 15.3. The van der Waals surface area contributed by atoms with Gasteiger partial charge in [-0.05, 0) is 0 Å². The van der Waals surface area contributed by atoms with Gasteiger partial charge in [0, 0.05) is 0 Å². The van der Waals surface area contributed by atoms with Crippen molar-refractivity contribution in [2.24, 2.45) is 0 Å². The molecule has 0 aromatic carbocycles. The van der Waals surface area contributed by atoms with Gasteiger partial charge in [0.05, 0.1) is 28.1 Å². The van der Waals surface area contributed by atoms with Crippen LogP contribution in [0, 0.1) is 0 Å². The van der Waals surface area contributed by atoms with Gasteiger partial charge in [-0.2, -0.15) is 4.58 Å². The van der Waals surface area contributed by atoms with E-state index >= 15 is 0 Å². The van der Waals surface area contributed by atoms with E-state index in [1.807, 2.05) is 0 Å². The number of rotatable bonds is 0. The van der Waals surface area contributed by atoms with E-state index in [1.165, 1.54) is 5.84 Å². The first-order valence-corrected chi connectivity index (χ1v) is 3.18. The average Bonchev–Trinajstić information content (AvgIpc) is 1.62. The van der Waals surface area contributed by atoms with E-state index in [2.05, 4.69) is 46.7 Å². The maximum atomic E-state index is 2.16. The van der Waals surface area contributed by atoms with E-state index in [4.69, 9.17) is 0 Å². The van der Waals surface area contributed by atoms with Crippen LogP contribution in [0.5, 0.6) is 0 Å². The molecule has 0 aliphatic heterocycles. The molecular formula is C7H18N2+2. The van der Waals surface area contributed by atoms with Crippen LogP contribution in [0.2, 0.25) is 0 Å². The summed E-state index contributed by atoms with van der Waals surface area (Å²) in [6.45, 7) is 2.14. The summed E-state index contributed by atoms with van der Waals surface area (Å²) in [6.07, 6.45) is 0. The molecule has 0 fully saturated rings. The van der Waals surface area contributed by atoms with Gasteiger partial charge in [0.1, 0.15) is 14.1 Å². The van der Waals surface area contributed by atoms with Crippen molar-refractivity contribution in [1.82, 2.24) is 0 Å². The number of hydrogen-bond donors (Lipinski definition) is 0. The molecule has 54 valence electrons. The van der Waals surface area contributed by atoms with Gasteiger partial charge in [-0.25, -0.2) is 4.48 Å². The lowest BCUT2D eigenvalue weighted by Crippen LogP contribution is -2.43. The van der Waals surface area contributed by atoms with Crippen LogP contribution in [0.15, 0.2) is 0 Å². The van der Waals surface area contributed by atoms with E-state index in [0.717, 1.165) is 4.48 Å². The average molecular weight is 130 g/mol. The zero-order chi connectivity index (χ0) is 7.65. The van der Waals surface area contributed by atoms with Crippen molar-refractivity contribution in [2.45, 2.75) is 6.92 Å². The van der Waals surface area contributed by atoms with Crippen molar-refractivity contribution in [3.8, 4) is 0 Å². The fraction of sp³-hybridized carbons (Fsp3) is 0.857. The Morgan fingerprint density at radius 1 is 1.11 bits per heavy atom. The third kappa shape index (κ3) is 2.61. The van der Waals surface area contributed by atoms with Gasteiger partial charge in [0.15, 0.2) is 0 Å². The van der Waals surface area contributed by atoms with E-state index in [-0.39, 0.29) is 0 Å². The lowest BCUT2D eigenvalue weighted by atomic mass is 10.5. The van der Waals surface area contributed by atoms with Crippen LogP contribution in [-0.4, -0.2) is 50.1 Å². The van der Waals surface area contributed by atoms with Crippen molar-refractivity contribution in [3.05, 3.63) is 0 Å². The highest BCUT2D eigenvalue weighted by Gasteiger charge is 2.18. The second-order valence-corrected chi connectivity index (χ2v) is 3.45. The summed E-state index contributed by atoms with van der Waals surface area (Å²) in [7, 11) is 10.6. The molecule has 0 saturated heterocycles. The lowest BCUT2D eigenvalue weighted by Gasteiger charge is -2.18. The first kappa shape index (κ1) is 8.63. The third-order valence-corrected chi connectivity index (χ3v) is 1.62. The van der Waals surface area contributed by atoms with Crippen LogP contribution in [0.4, 0.5) is 0 Å². The second-order valence-electron chi connectivity index (χ2n) is 3.45. The number of hydrogen-bond acceptors (Lipinski definition) is 0. The molecule has 0 atom stereocenters. The molecule has 0 aliphatic rings. The molecule has 0 bridgehead atoms. The van der Waals surface area contributed by atoms with Crippen molar-refractivity contribution in [1.29, 1.82) is 0 Å². The summed E-state index contributed by atoms with van der Waals surface area (Å²) in [6, 6.07) is 0. The molecule has 0 heterocycles. The van der Waals surface area contributed by atoms with Crippen LogP contribution >= 0.6 is 0 Å². The lowest BCUT2D eigenvalue weighted by molar-refractivity contribution is -0.804. The second kappa shape index (κ2) is 2.48. The summed E-state index contributed by atoms with van der Waals surface area (Å²) < 4.78 is 3.05. The normalized spacial score (nSPS) is 11.3. The van der Waals surface area contributed by atoms with Gasteiger partial charge < -0.3 is 0 Å². The molecule has 0 unspecified atom stereocenters. The van der Waals surface area contributed by atoms with Gasteiger partial charge in [0.2, 0.25) is 0 Å². The van der Waals surface area contributed by atoms with E-state index in [9.17, 15) is 0 Å².